The van der Waals surface area contributed by atoms with Crippen LogP contribution in [0.2, 0.25) is 0 Å². The van der Waals surface area contributed by atoms with Gasteiger partial charge in [-0.3, -0.25) is 4.79 Å². The lowest BCUT2D eigenvalue weighted by molar-refractivity contribution is 0.0859. The molecule has 0 fully saturated rings. The quantitative estimate of drug-likeness (QED) is 0.688. The molecule has 0 atom stereocenters. The van der Waals surface area contributed by atoms with Crippen molar-refractivity contribution in [1.82, 2.24) is 4.98 Å². The largest absolute Gasteiger partial charge is 0.440 e. The van der Waals surface area contributed by atoms with Crippen LogP contribution in [0, 0.1) is 12.3 Å². The van der Waals surface area contributed by atoms with Gasteiger partial charge in [0.2, 0.25) is 0 Å². The van der Waals surface area contributed by atoms with Crippen LogP contribution in [0.25, 0.3) is 11.1 Å². The van der Waals surface area contributed by atoms with Gasteiger partial charge in [-0.1, -0.05) is 26.8 Å². The van der Waals surface area contributed by atoms with Crippen LogP contribution in [-0.2, 0) is 0 Å². The molecule has 0 amide bonds. The number of nitrogens with zero attached hydrogens (tertiary/aromatic N) is 1. The van der Waals surface area contributed by atoms with E-state index in [0.29, 0.717) is 17.0 Å². The number of aryl methyl sites for hydroxylation is 1. The average molecular weight is 217 g/mol. The first kappa shape index (κ1) is 10.9. The van der Waals surface area contributed by atoms with Crippen molar-refractivity contribution in [1.29, 1.82) is 0 Å². The molecule has 3 heteroatoms. The number of hydrogen-bond acceptors (Lipinski definition) is 3. The number of oxazole rings is 1. The van der Waals surface area contributed by atoms with Gasteiger partial charge in [0.15, 0.2) is 17.3 Å². The third-order valence-corrected chi connectivity index (χ3v) is 2.45. The van der Waals surface area contributed by atoms with Gasteiger partial charge < -0.3 is 4.42 Å². The zero-order chi connectivity index (χ0) is 11.9. The molecule has 0 N–H and O–H groups in total. The van der Waals surface area contributed by atoms with E-state index in [1.54, 1.807) is 13.0 Å². The molecule has 0 spiro atoms. The lowest BCUT2D eigenvalue weighted by Gasteiger charge is -2.16. The Morgan fingerprint density at radius 3 is 2.62 bits per heavy atom. The first-order valence-electron chi connectivity index (χ1n) is 5.30. The number of fused-ring (bicyclic) bond motifs is 1. The Morgan fingerprint density at radius 1 is 1.31 bits per heavy atom. The van der Waals surface area contributed by atoms with Gasteiger partial charge in [0, 0.05) is 12.3 Å². The number of rotatable bonds is 1. The Kier molecular flexibility index (Phi) is 2.34. The molecule has 2 rings (SSSR count). The second-order valence-electron chi connectivity index (χ2n) is 4.97. The Morgan fingerprint density at radius 2 is 2.00 bits per heavy atom. The number of para-hydroxylation sites is 1. The highest BCUT2D eigenvalue weighted by Crippen LogP contribution is 2.27. The van der Waals surface area contributed by atoms with Crippen molar-refractivity contribution in [3.05, 3.63) is 29.7 Å². The second kappa shape index (κ2) is 3.44. The highest BCUT2D eigenvalue weighted by molar-refractivity contribution is 6.07. The summed E-state index contributed by atoms with van der Waals surface area (Å²) in [7, 11) is 0. The van der Waals surface area contributed by atoms with Gasteiger partial charge >= 0.3 is 0 Å². The molecular formula is C13H15NO2. The maximum Gasteiger partial charge on any atom is 0.192 e. The summed E-state index contributed by atoms with van der Waals surface area (Å²) in [6.45, 7) is 7.48. The molecule has 2 aromatic rings. The molecule has 0 saturated heterocycles. The van der Waals surface area contributed by atoms with E-state index in [0.717, 1.165) is 5.52 Å². The Balaban J connectivity index is 2.65. The maximum atomic E-state index is 12.2. The SMILES string of the molecule is Cc1nc2cccc(C(=O)C(C)(C)C)c2o1. The molecular weight excluding hydrogens is 202 g/mol. The van der Waals surface area contributed by atoms with E-state index in [1.807, 2.05) is 32.9 Å². The van der Waals surface area contributed by atoms with Crippen molar-refractivity contribution < 1.29 is 9.21 Å². The monoisotopic (exact) mass is 217 g/mol. The number of hydrogen-bond donors (Lipinski definition) is 0. The first-order chi connectivity index (χ1) is 7.39. The number of carbonyl (C=O) groups excluding carboxylic acids is 1. The highest BCUT2D eigenvalue weighted by Gasteiger charge is 2.25. The summed E-state index contributed by atoms with van der Waals surface area (Å²) in [5.41, 5.74) is 1.55. The van der Waals surface area contributed by atoms with Gasteiger partial charge in [0.05, 0.1) is 5.56 Å². The van der Waals surface area contributed by atoms with E-state index in [2.05, 4.69) is 4.98 Å². The van der Waals surface area contributed by atoms with Crippen molar-refractivity contribution in [2.45, 2.75) is 27.7 Å². The van der Waals surface area contributed by atoms with E-state index in [1.165, 1.54) is 0 Å². The van der Waals surface area contributed by atoms with Gasteiger partial charge in [-0.15, -0.1) is 0 Å². The van der Waals surface area contributed by atoms with Crippen molar-refractivity contribution in [2.75, 3.05) is 0 Å². The summed E-state index contributed by atoms with van der Waals surface area (Å²) in [6.07, 6.45) is 0. The predicted molar refractivity (Wildman–Crippen MR) is 62.5 cm³/mol. The van der Waals surface area contributed by atoms with E-state index in [9.17, 15) is 4.79 Å². The lowest BCUT2D eigenvalue weighted by Crippen LogP contribution is -2.20. The Labute approximate surface area is 94.5 Å². The minimum atomic E-state index is -0.408. The standard InChI is InChI=1S/C13H15NO2/c1-8-14-10-7-5-6-9(11(10)16-8)12(15)13(2,3)4/h5-7H,1-4H3. The average Bonchev–Trinajstić information content (AvgIpc) is 2.54. The molecule has 1 aromatic carbocycles. The van der Waals surface area contributed by atoms with Gasteiger partial charge in [-0.25, -0.2) is 4.98 Å². The van der Waals surface area contributed by atoms with Crippen LogP contribution in [0.3, 0.4) is 0 Å². The number of ketones is 1. The molecule has 0 unspecified atom stereocenters. The van der Waals surface area contributed by atoms with E-state index in [4.69, 9.17) is 4.42 Å². The fourth-order valence-electron chi connectivity index (χ4n) is 1.64. The van der Waals surface area contributed by atoms with Crippen LogP contribution in [0.4, 0.5) is 0 Å². The fraction of sp³-hybridized carbons (Fsp3) is 0.385. The van der Waals surface area contributed by atoms with Crippen molar-refractivity contribution in [3.63, 3.8) is 0 Å². The van der Waals surface area contributed by atoms with Crippen LogP contribution in [0.1, 0.15) is 37.0 Å². The normalized spacial score (nSPS) is 12.0. The zero-order valence-corrected chi connectivity index (χ0v) is 10.00. The van der Waals surface area contributed by atoms with Gasteiger partial charge in [-0.05, 0) is 12.1 Å². The van der Waals surface area contributed by atoms with Crippen LogP contribution in [-0.4, -0.2) is 10.8 Å². The van der Waals surface area contributed by atoms with Gasteiger partial charge in [0.25, 0.3) is 0 Å². The fourth-order valence-corrected chi connectivity index (χ4v) is 1.64. The molecule has 3 nitrogen and oxygen atoms in total. The summed E-state index contributed by atoms with van der Waals surface area (Å²) in [4.78, 5) is 16.4. The number of benzene rings is 1. The highest BCUT2D eigenvalue weighted by atomic mass is 16.3. The predicted octanol–water partition coefficient (Wildman–Crippen LogP) is 3.37. The zero-order valence-electron chi connectivity index (χ0n) is 10.00. The van der Waals surface area contributed by atoms with E-state index < -0.39 is 5.41 Å². The van der Waals surface area contributed by atoms with Gasteiger partial charge in [0.1, 0.15) is 5.52 Å². The summed E-state index contributed by atoms with van der Waals surface area (Å²) >= 11 is 0. The van der Waals surface area contributed by atoms with Crippen LogP contribution >= 0.6 is 0 Å². The smallest absolute Gasteiger partial charge is 0.192 e. The summed E-state index contributed by atoms with van der Waals surface area (Å²) in [6, 6.07) is 5.48. The Bertz CT molecular complexity index is 547. The van der Waals surface area contributed by atoms with Crippen LogP contribution < -0.4 is 0 Å². The molecule has 0 bridgehead atoms. The second-order valence-corrected chi connectivity index (χ2v) is 4.97. The van der Waals surface area contributed by atoms with Crippen LogP contribution in [0.5, 0.6) is 0 Å². The molecule has 0 saturated carbocycles. The van der Waals surface area contributed by atoms with Crippen molar-refractivity contribution in [3.8, 4) is 0 Å². The first-order valence-corrected chi connectivity index (χ1v) is 5.30. The van der Waals surface area contributed by atoms with E-state index >= 15 is 0 Å². The van der Waals surface area contributed by atoms with Crippen molar-refractivity contribution in [2.24, 2.45) is 5.41 Å². The number of carbonyl (C=O) groups is 1. The molecule has 0 aliphatic carbocycles. The summed E-state index contributed by atoms with van der Waals surface area (Å²) in [5, 5.41) is 0. The summed E-state index contributed by atoms with van der Waals surface area (Å²) < 4.78 is 5.48. The lowest BCUT2D eigenvalue weighted by atomic mass is 9.86. The number of aromatic nitrogens is 1. The molecule has 16 heavy (non-hydrogen) atoms. The molecule has 0 aliphatic heterocycles. The molecule has 84 valence electrons. The van der Waals surface area contributed by atoms with Crippen molar-refractivity contribution >= 4 is 16.9 Å². The molecule has 1 heterocycles. The maximum absolute atomic E-state index is 12.2. The van der Waals surface area contributed by atoms with Crippen LogP contribution in [0.15, 0.2) is 22.6 Å². The molecule has 0 aliphatic rings. The summed E-state index contributed by atoms with van der Waals surface area (Å²) in [5.74, 6) is 0.665. The molecule has 1 aromatic heterocycles. The number of Topliss-reactive ketones (excluding diaryl/α,β-unsaturated/α-hetero) is 1. The molecule has 0 radical (unpaired) electrons. The minimum Gasteiger partial charge on any atom is -0.440 e. The third-order valence-electron chi connectivity index (χ3n) is 2.45. The van der Waals surface area contributed by atoms with Gasteiger partial charge in [-0.2, -0.15) is 0 Å². The minimum absolute atomic E-state index is 0.0780. The topological polar surface area (TPSA) is 43.1 Å². The van der Waals surface area contributed by atoms with E-state index in [-0.39, 0.29) is 5.78 Å². The Hall–Kier alpha value is -1.64. The third kappa shape index (κ3) is 1.73.